The first-order valence-corrected chi connectivity index (χ1v) is 35.7. The molecule has 1 saturated heterocycles. The van der Waals surface area contributed by atoms with E-state index in [-0.39, 0.29) is 18.3 Å². The fourth-order valence-corrected chi connectivity index (χ4v) is 12.2. The van der Waals surface area contributed by atoms with E-state index in [9.17, 15) is 25.5 Å². The molecule has 0 radical (unpaired) electrons. The molecule has 1 aliphatic rings. The molecule has 79 heavy (non-hydrogen) atoms. The van der Waals surface area contributed by atoms with Crippen LogP contribution in [-0.2, 0) is 0 Å². The summed E-state index contributed by atoms with van der Waals surface area (Å²) in [5.74, 6) is 0. The predicted octanol–water partition coefficient (Wildman–Crippen LogP) is 15.9. The number of rotatable bonds is 63. The minimum absolute atomic E-state index is 0.343. The Morgan fingerprint density at radius 2 is 0.506 bits per heavy atom. The van der Waals surface area contributed by atoms with Gasteiger partial charge in [-0.05, 0) is 38.5 Å². The van der Waals surface area contributed by atoms with E-state index >= 15 is 0 Å². The van der Waals surface area contributed by atoms with E-state index in [0.29, 0.717) is 32.7 Å². The molecule has 0 spiro atoms. The third kappa shape index (κ3) is 49.6. The summed E-state index contributed by atoms with van der Waals surface area (Å²) in [5, 5.41) is 57.2. The SMILES string of the molecule is CCCCCCCCCCC(O)CN(CCN1CCN(CCN(CC(O)CCCCCCCCCC)CC(O)CCCCCCCCCC)CC1)CCN(CC(O)CCCCCCCCCC)[C@H](O)CCCCCCCCCC. The highest BCUT2D eigenvalue weighted by Gasteiger charge is 2.24. The normalized spacial score (nSPS) is 15.8. The first kappa shape index (κ1) is 76.6. The van der Waals surface area contributed by atoms with E-state index < -0.39 is 12.3 Å². The fraction of sp³-hybridized carbons (Fsp3) is 1.00. The van der Waals surface area contributed by atoms with E-state index in [1.807, 2.05) is 0 Å². The quantitative estimate of drug-likeness (QED) is 0.0298. The van der Waals surface area contributed by atoms with Gasteiger partial charge in [-0.3, -0.25) is 24.5 Å². The summed E-state index contributed by atoms with van der Waals surface area (Å²) in [6.45, 7) is 23.1. The maximum absolute atomic E-state index is 11.8. The standard InChI is InChI=1S/C69H143N5O5/c1-6-11-16-21-26-31-36-41-46-65(75)61-72(59-60-74(69(79)50-45-40-35-30-25-20-15-10-5)64-68(78)49-44-39-34-29-24-19-14-9-4)57-55-70-51-53-71(54-52-70)56-58-73(62-66(76)47-42-37-32-27-22-17-12-7-2)63-67(77)48-43-38-33-28-23-18-13-8-3/h65-69,75-79H,6-64H2,1-5H3/t65?,66?,67?,68?,69-/m1/s1. The molecule has 1 heterocycles. The lowest BCUT2D eigenvalue weighted by Crippen LogP contribution is -2.51. The van der Waals surface area contributed by atoms with Gasteiger partial charge in [0.25, 0.3) is 0 Å². The van der Waals surface area contributed by atoms with Gasteiger partial charge in [-0.15, -0.1) is 0 Å². The van der Waals surface area contributed by atoms with E-state index in [1.165, 1.54) is 218 Å². The fourth-order valence-electron chi connectivity index (χ4n) is 12.2. The third-order valence-corrected chi connectivity index (χ3v) is 17.8. The van der Waals surface area contributed by atoms with Crippen molar-refractivity contribution in [3.05, 3.63) is 0 Å². The number of piperazine rings is 1. The summed E-state index contributed by atoms with van der Waals surface area (Å²) in [6.07, 6.45) is 52.6. The van der Waals surface area contributed by atoms with Gasteiger partial charge in [0.15, 0.2) is 0 Å². The molecule has 1 aliphatic heterocycles. The molecular formula is C69H143N5O5. The number of aliphatic hydroxyl groups is 5. The molecule has 1 fully saturated rings. The lowest BCUT2D eigenvalue weighted by Gasteiger charge is -2.38. The average molecular weight is 1120 g/mol. The van der Waals surface area contributed by atoms with Crippen molar-refractivity contribution in [3.63, 3.8) is 0 Å². The maximum Gasteiger partial charge on any atom is 0.107 e. The van der Waals surface area contributed by atoms with Crippen molar-refractivity contribution < 1.29 is 25.5 Å². The zero-order chi connectivity index (χ0) is 57.5. The Hall–Kier alpha value is -0.400. The van der Waals surface area contributed by atoms with E-state index in [0.717, 1.165) is 130 Å². The molecule has 0 aromatic rings. The number of unbranched alkanes of at least 4 members (excludes halogenated alkanes) is 35. The maximum atomic E-state index is 11.8. The molecule has 10 nitrogen and oxygen atoms in total. The van der Waals surface area contributed by atoms with Gasteiger partial charge >= 0.3 is 0 Å². The van der Waals surface area contributed by atoms with Crippen molar-refractivity contribution in [2.75, 3.05) is 91.6 Å². The van der Waals surface area contributed by atoms with Crippen LogP contribution in [0.3, 0.4) is 0 Å². The number of nitrogens with zero attached hydrogens (tertiary/aromatic N) is 5. The minimum atomic E-state index is -0.558. The molecule has 0 aromatic heterocycles. The highest BCUT2D eigenvalue weighted by molar-refractivity contribution is 4.79. The van der Waals surface area contributed by atoms with E-state index in [2.05, 4.69) is 59.1 Å². The zero-order valence-corrected chi connectivity index (χ0v) is 54.1. The van der Waals surface area contributed by atoms with Gasteiger partial charge in [0.1, 0.15) is 6.23 Å². The number of hydrogen-bond donors (Lipinski definition) is 5. The van der Waals surface area contributed by atoms with Gasteiger partial charge in [-0.1, -0.05) is 285 Å². The molecule has 5 atom stereocenters. The van der Waals surface area contributed by atoms with Crippen LogP contribution in [0.5, 0.6) is 0 Å². The van der Waals surface area contributed by atoms with Crippen molar-refractivity contribution in [2.24, 2.45) is 0 Å². The van der Waals surface area contributed by atoms with Gasteiger partial charge in [0.2, 0.25) is 0 Å². The van der Waals surface area contributed by atoms with Crippen molar-refractivity contribution >= 4 is 0 Å². The largest absolute Gasteiger partial charge is 0.392 e. The van der Waals surface area contributed by atoms with E-state index in [1.54, 1.807) is 0 Å². The highest BCUT2D eigenvalue weighted by atomic mass is 16.3. The summed E-state index contributed by atoms with van der Waals surface area (Å²) in [7, 11) is 0. The Bertz CT molecular complexity index is 1170. The van der Waals surface area contributed by atoms with Crippen LogP contribution in [0, 0.1) is 0 Å². The molecule has 0 bridgehead atoms. The van der Waals surface area contributed by atoms with Crippen molar-refractivity contribution in [1.82, 2.24) is 24.5 Å². The van der Waals surface area contributed by atoms with Crippen LogP contribution < -0.4 is 0 Å². The van der Waals surface area contributed by atoms with Crippen molar-refractivity contribution in [3.8, 4) is 0 Å². The molecule has 1 rings (SSSR count). The molecular weight excluding hydrogens is 979 g/mol. The van der Waals surface area contributed by atoms with E-state index in [4.69, 9.17) is 0 Å². The molecule has 0 amide bonds. The second kappa shape index (κ2) is 58.0. The van der Waals surface area contributed by atoms with Crippen molar-refractivity contribution in [2.45, 2.75) is 354 Å². The Morgan fingerprint density at radius 3 is 0.810 bits per heavy atom. The van der Waals surface area contributed by atoms with Crippen LogP contribution in [0.1, 0.15) is 324 Å². The molecule has 10 heteroatoms. The Kier molecular flexibility index (Phi) is 56.3. The Morgan fingerprint density at radius 1 is 0.266 bits per heavy atom. The summed E-state index contributed by atoms with van der Waals surface area (Å²) in [5.41, 5.74) is 0. The summed E-state index contributed by atoms with van der Waals surface area (Å²) in [4.78, 5) is 12.2. The molecule has 0 saturated carbocycles. The Labute approximate surface area is 493 Å². The van der Waals surface area contributed by atoms with Crippen LogP contribution in [0.15, 0.2) is 0 Å². The van der Waals surface area contributed by atoms with Gasteiger partial charge in [0, 0.05) is 91.6 Å². The second-order valence-corrected chi connectivity index (χ2v) is 25.7. The van der Waals surface area contributed by atoms with Gasteiger partial charge in [-0.25, -0.2) is 0 Å². The van der Waals surface area contributed by atoms with Crippen LogP contribution in [0.4, 0.5) is 0 Å². The van der Waals surface area contributed by atoms with Crippen LogP contribution in [0.2, 0.25) is 0 Å². The lowest BCUT2D eigenvalue weighted by molar-refractivity contribution is -0.0363. The first-order chi connectivity index (χ1) is 38.6. The summed E-state index contributed by atoms with van der Waals surface area (Å²) < 4.78 is 0. The molecule has 474 valence electrons. The molecule has 5 N–H and O–H groups in total. The smallest absolute Gasteiger partial charge is 0.107 e. The third-order valence-electron chi connectivity index (χ3n) is 17.8. The lowest BCUT2D eigenvalue weighted by atomic mass is 10.0. The average Bonchev–Trinajstić information content (AvgIpc) is 3.44. The molecule has 0 aromatic carbocycles. The Balaban J connectivity index is 2.94. The first-order valence-electron chi connectivity index (χ1n) is 35.7. The summed E-state index contributed by atoms with van der Waals surface area (Å²) in [6, 6.07) is 0. The van der Waals surface area contributed by atoms with Crippen LogP contribution in [-0.4, -0.2) is 172 Å². The highest BCUT2D eigenvalue weighted by Crippen LogP contribution is 2.19. The van der Waals surface area contributed by atoms with Crippen molar-refractivity contribution in [1.29, 1.82) is 0 Å². The topological polar surface area (TPSA) is 117 Å². The van der Waals surface area contributed by atoms with Gasteiger partial charge < -0.3 is 25.5 Å². The monoisotopic (exact) mass is 1120 g/mol. The predicted molar refractivity (Wildman–Crippen MR) is 344 cm³/mol. The minimum Gasteiger partial charge on any atom is -0.392 e. The number of hydrogen-bond acceptors (Lipinski definition) is 10. The second-order valence-electron chi connectivity index (χ2n) is 25.7. The summed E-state index contributed by atoms with van der Waals surface area (Å²) >= 11 is 0. The van der Waals surface area contributed by atoms with Crippen LogP contribution in [0.25, 0.3) is 0 Å². The van der Waals surface area contributed by atoms with Gasteiger partial charge in [-0.2, -0.15) is 0 Å². The molecule has 0 aliphatic carbocycles. The molecule has 4 unspecified atom stereocenters. The number of aliphatic hydroxyl groups excluding tert-OH is 5. The van der Waals surface area contributed by atoms with Gasteiger partial charge in [0.05, 0.1) is 24.4 Å². The zero-order valence-electron chi connectivity index (χ0n) is 54.1. The van der Waals surface area contributed by atoms with Crippen LogP contribution >= 0.6 is 0 Å².